The highest BCUT2D eigenvalue weighted by Gasteiger charge is 2.57. The fourth-order valence-electron chi connectivity index (χ4n) is 4.96. The molecule has 0 aromatic carbocycles. The molecule has 16 heteroatoms. The molecule has 2 atom stereocenters. The van der Waals surface area contributed by atoms with E-state index in [2.05, 4.69) is 30.3 Å². The normalized spacial score (nSPS) is 22.7. The summed E-state index contributed by atoms with van der Waals surface area (Å²) in [6, 6.07) is -0.0490. The number of aryl methyl sites for hydroxylation is 1. The van der Waals surface area contributed by atoms with Crippen LogP contribution >= 0.6 is 0 Å². The van der Waals surface area contributed by atoms with Crippen LogP contribution in [0.15, 0.2) is 23.1 Å². The summed E-state index contributed by atoms with van der Waals surface area (Å²) in [6.07, 6.45) is -2.06. The molecule has 11 nitrogen and oxygen atoms in total. The van der Waals surface area contributed by atoms with Gasteiger partial charge in [-0.05, 0) is 49.4 Å². The molecule has 1 saturated carbocycles. The molecule has 210 valence electrons. The standard InChI is InChI=1S/C23H25F5N8O3/c1-12-17(34-39-33-12)19(37)31-18(14-3-5-22(24,25)6-4-14)15-10-36-16(30-15)7-13(8-29-36)9-35-11-21(2,23(26,27)28)32-20(35)38/h7-8,10,14,18H,3-6,9,11H2,1-2H3,(H,31,37)(H,32,38)/t18-,21-/m0/s1. The van der Waals surface area contributed by atoms with Crippen LogP contribution in [0.5, 0.6) is 0 Å². The van der Waals surface area contributed by atoms with Gasteiger partial charge in [-0.15, -0.1) is 0 Å². The molecule has 2 aliphatic rings. The summed E-state index contributed by atoms with van der Waals surface area (Å²) in [4.78, 5) is 30.7. The van der Waals surface area contributed by atoms with Crippen molar-refractivity contribution in [3.63, 3.8) is 0 Å². The minimum absolute atomic E-state index is 0.0416. The Morgan fingerprint density at radius 2 is 2.00 bits per heavy atom. The van der Waals surface area contributed by atoms with Crippen LogP contribution in [0.1, 0.15) is 66.1 Å². The fourth-order valence-corrected chi connectivity index (χ4v) is 4.96. The van der Waals surface area contributed by atoms with E-state index in [0.29, 0.717) is 16.9 Å². The van der Waals surface area contributed by atoms with Gasteiger partial charge in [0, 0.05) is 19.4 Å². The second kappa shape index (κ2) is 9.41. The summed E-state index contributed by atoms with van der Waals surface area (Å²) in [5, 5.41) is 16.2. The molecule has 0 unspecified atom stereocenters. The third-order valence-electron chi connectivity index (χ3n) is 7.28. The van der Waals surface area contributed by atoms with Crippen LogP contribution in [-0.4, -0.2) is 65.9 Å². The largest absolute Gasteiger partial charge is 0.413 e. The van der Waals surface area contributed by atoms with Crippen LogP contribution in [0.3, 0.4) is 0 Å². The Kier molecular flexibility index (Phi) is 6.45. The van der Waals surface area contributed by atoms with Crippen LogP contribution in [0, 0.1) is 12.8 Å². The number of carbonyl (C=O) groups is 2. The third kappa shape index (κ3) is 5.23. The molecular formula is C23H25F5N8O3. The summed E-state index contributed by atoms with van der Waals surface area (Å²) in [7, 11) is 0. The van der Waals surface area contributed by atoms with Gasteiger partial charge in [0.25, 0.3) is 5.91 Å². The van der Waals surface area contributed by atoms with Crippen molar-refractivity contribution in [3.05, 3.63) is 41.1 Å². The number of urea groups is 1. The minimum atomic E-state index is -4.62. The van der Waals surface area contributed by atoms with Gasteiger partial charge in [-0.1, -0.05) is 5.16 Å². The van der Waals surface area contributed by atoms with Gasteiger partial charge in [0.15, 0.2) is 16.9 Å². The number of carbonyl (C=O) groups excluding carboxylic acids is 2. The van der Waals surface area contributed by atoms with E-state index >= 15 is 0 Å². The van der Waals surface area contributed by atoms with Crippen molar-refractivity contribution < 1.29 is 36.2 Å². The smallest absolute Gasteiger partial charge is 0.342 e. The Balaban J connectivity index is 1.39. The lowest BCUT2D eigenvalue weighted by atomic mass is 9.81. The topological polar surface area (TPSA) is 131 Å². The number of nitrogens with one attached hydrogen (secondary N) is 2. The van der Waals surface area contributed by atoms with Gasteiger partial charge in [0.05, 0.1) is 30.7 Å². The van der Waals surface area contributed by atoms with Crippen molar-refractivity contribution in [3.8, 4) is 0 Å². The van der Waals surface area contributed by atoms with Gasteiger partial charge in [-0.25, -0.2) is 27.7 Å². The lowest BCUT2D eigenvalue weighted by Crippen LogP contribution is -2.53. The summed E-state index contributed by atoms with van der Waals surface area (Å²) < 4.78 is 73.8. The van der Waals surface area contributed by atoms with Crippen molar-refractivity contribution in [2.45, 2.75) is 69.8 Å². The SMILES string of the molecule is Cc1nonc1C(=O)N[C@H](c1cn2ncc(CN3C[C@@](C)(C(F)(F)F)NC3=O)cc2n1)C1CCC(F)(F)CC1. The first-order chi connectivity index (χ1) is 18.2. The average Bonchev–Trinajstić information content (AvgIpc) is 3.54. The van der Waals surface area contributed by atoms with Crippen molar-refractivity contribution in [2.75, 3.05) is 6.54 Å². The van der Waals surface area contributed by atoms with Crippen molar-refractivity contribution in [1.29, 1.82) is 0 Å². The van der Waals surface area contributed by atoms with E-state index < -0.39 is 42.2 Å². The molecule has 4 heterocycles. The van der Waals surface area contributed by atoms with E-state index in [0.717, 1.165) is 11.8 Å². The lowest BCUT2D eigenvalue weighted by Gasteiger charge is -2.33. The van der Waals surface area contributed by atoms with Crippen molar-refractivity contribution in [1.82, 2.24) is 40.4 Å². The van der Waals surface area contributed by atoms with Gasteiger partial charge < -0.3 is 15.5 Å². The van der Waals surface area contributed by atoms with E-state index in [9.17, 15) is 31.5 Å². The lowest BCUT2D eigenvalue weighted by molar-refractivity contribution is -0.183. The molecule has 0 radical (unpaired) electrons. The zero-order valence-electron chi connectivity index (χ0n) is 20.9. The van der Waals surface area contributed by atoms with E-state index in [1.807, 2.05) is 5.32 Å². The highest BCUT2D eigenvalue weighted by molar-refractivity contribution is 5.93. The second-order valence-corrected chi connectivity index (χ2v) is 10.3. The molecule has 3 aromatic heterocycles. The first-order valence-electron chi connectivity index (χ1n) is 12.2. The molecule has 3 aromatic rings. The zero-order chi connectivity index (χ0) is 28.2. The van der Waals surface area contributed by atoms with Gasteiger partial charge in [0.1, 0.15) is 5.69 Å². The number of hydrogen-bond donors (Lipinski definition) is 2. The summed E-state index contributed by atoms with van der Waals surface area (Å²) in [6.45, 7) is 1.74. The number of aromatic nitrogens is 5. The first kappa shape index (κ1) is 26.7. The van der Waals surface area contributed by atoms with Gasteiger partial charge in [0.2, 0.25) is 5.92 Å². The fraction of sp³-hybridized carbons (Fsp3) is 0.565. The quantitative estimate of drug-likeness (QED) is 0.444. The number of alkyl halides is 5. The molecule has 0 bridgehead atoms. The maximum Gasteiger partial charge on any atom is 0.413 e. The minimum Gasteiger partial charge on any atom is -0.342 e. The van der Waals surface area contributed by atoms with Crippen LogP contribution in [-0.2, 0) is 6.54 Å². The maximum atomic E-state index is 13.9. The number of hydrogen-bond acceptors (Lipinski definition) is 7. The Bertz CT molecular complexity index is 1400. The molecule has 2 N–H and O–H groups in total. The predicted molar refractivity (Wildman–Crippen MR) is 123 cm³/mol. The number of fused-ring (bicyclic) bond motifs is 1. The monoisotopic (exact) mass is 556 g/mol. The number of amides is 3. The molecule has 39 heavy (non-hydrogen) atoms. The number of imidazole rings is 1. The number of halogens is 5. The highest BCUT2D eigenvalue weighted by Crippen LogP contribution is 2.41. The number of nitrogens with zero attached hydrogens (tertiary/aromatic N) is 6. The van der Waals surface area contributed by atoms with Gasteiger partial charge in [-0.2, -0.15) is 18.3 Å². The Morgan fingerprint density at radius 1 is 1.28 bits per heavy atom. The second-order valence-electron chi connectivity index (χ2n) is 10.3. The summed E-state index contributed by atoms with van der Waals surface area (Å²) >= 11 is 0. The first-order valence-corrected chi connectivity index (χ1v) is 12.2. The van der Waals surface area contributed by atoms with E-state index in [1.54, 1.807) is 12.3 Å². The van der Waals surface area contributed by atoms with Gasteiger partial charge >= 0.3 is 12.2 Å². The number of rotatable bonds is 6. The molecule has 5 rings (SSSR count). The van der Waals surface area contributed by atoms with E-state index in [4.69, 9.17) is 0 Å². The summed E-state index contributed by atoms with van der Waals surface area (Å²) in [5.41, 5.74) is -1.05. The Morgan fingerprint density at radius 3 is 2.62 bits per heavy atom. The molecule has 1 saturated heterocycles. The highest BCUT2D eigenvalue weighted by atomic mass is 19.4. The van der Waals surface area contributed by atoms with E-state index in [-0.39, 0.29) is 49.5 Å². The van der Waals surface area contributed by atoms with Crippen molar-refractivity contribution in [2.24, 2.45) is 5.92 Å². The Hall–Kier alpha value is -3.85. The maximum absolute atomic E-state index is 13.9. The molecule has 2 fully saturated rings. The predicted octanol–water partition coefficient (Wildman–Crippen LogP) is 3.56. The summed E-state index contributed by atoms with van der Waals surface area (Å²) in [5.74, 6) is -3.74. The zero-order valence-corrected chi connectivity index (χ0v) is 20.9. The molecule has 0 spiro atoms. The van der Waals surface area contributed by atoms with Crippen LogP contribution in [0.4, 0.5) is 26.7 Å². The van der Waals surface area contributed by atoms with Crippen LogP contribution < -0.4 is 10.6 Å². The van der Waals surface area contributed by atoms with E-state index in [1.165, 1.54) is 17.6 Å². The Labute approximate surface area is 218 Å². The van der Waals surface area contributed by atoms with Crippen LogP contribution in [0.25, 0.3) is 5.65 Å². The molecule has 3 amide bonds. The third-order valence-corrected chi connectivity index (χ3v) is 7.28. The van der Waals surface area contributed by atoms with Crippen LogP contribution in [0.2, 0.25) is 0 Å². The van der Waals surface area contributed by atoms with Crippen molar-refractivity contribution >= 4 is 17.6 Å². The molecule has 1 aliphatic carbocycles. The van der Waals surface area contributed by atoms with Gasteiger partial charge in [-0.3, -0.25) is 4.79 Å². The molecular weight excluding hydrogens is 531 g/mol. The molecule has 1 aliphatic heterocycles. The average molecular weight is 556 g/mol.